The molecule has 2 atom stereocenters. The monoisotopic (exact) mass is 245 g/mol. The van der Waals surface area contributed by atoms with Crippen LogP contribution in [0.15, 0.2) is 24.3 Å². The van der Waals surface area contributed by atoms with Gasteiger partial charge in [-0.15, -0.1) is 0 Å². The Morgan fingerprint density at radius 1 is 1.17 bits per heavy atom. The molecule has 0 saturated heterocycles. The van der Waals surface area contributed by atoms with E-state index in [1.165, 1.54) is 44.9 Å². The van der Waals surface area contributed by atoms with Gasteiger partial charge in [-0.25, -0.2) is 0 Å². The standard InChI is InChI=1S/C17H27N/c1-3-4-5-6-7-12-17(18-2)16-13-14-10-8-9-11-15(14)16/h8-11,16-18H,3-7,12-13H2,1-2H3. The number of benzene rings is 1. The number of rotatable bonds is 8. The Labute approximate surface area is 112 Å². The highest BCUT2D eigenvalue weighted by Gasteiger charge is 2.31. The Kier molecular flexibility index (Phi) is 5.25. The molecule has 0 aliphatic heterocycles. The molecule has 1 nitrogen and oxygen atoms in total. The molecule has 1 heteroatoms. The van der Waals surface area contributed by atoms with E-state index in [0.29, 0.717) is 6.04 Å². The lowest BCUT2D eigenvalue weighted by Gasteiger charge is -2.36. The van der Waals surface area contributed by atoms with Gasteiger partial charge in [0, 0.05) is 12.0 Å². The minimum Gasteiger partial charge on any atom is -0.316 e. The first-order valence-electron chi connectivity index (χ1n) is 7.62. The van der Waals surface area contributed by atoms with Crippen LogP contribution in [-0.2, 0) is 6.42 Å². The second kappa shape index (κ2) is 6.94. The van der Waals surface area contributed by atoms with E-state index in [1.807, 2.05) is 0 Å². The van der Waals surface area contributed by atoms with Crippen LogP contribution < -0.4 is 5.32 Å². The summed E-state index contributed by atoms with van der Waals surface area (Å²) >= 11 is 0. The molecular weight excluding hydrogens is 218 g/mol. The van der Waals surface area contributed by atoms with Crippen LogP contribution in [0.3, 0.4) is 0 Å². The fourth-order valence-corrected chi connectivity index (χ4v) is 3.17. The molecule has 2 unspecified atom stereocenters. The van der Waals surface area contributed by atoms with E-state index in [-0.39, 0.29) is 0 Å². The topological polar surface area (TPSA) is 12.0 Å². The molecule has 0 bridgehead atoms. The van der Waals surface area contributed by atoms with E-state index in [4.69, 9.17) is 0 Å². The molecule has 0 amide bonds. The van der Waals surface area contributed by atoms with E-state index < -0.39 is 0 Å². The highest BCUT2D eigenvalue weighted by molar-refractivity contribution is 5.41. The van der Waals surface area contributed by atoms with Crippen molar-refractivity contribution in [1.82, 2.24) is 5.32 Å². The maximum absolute atomic E-state index is 3.54. The van der Waals surface area contributed by atoms with Crippen LogP contribution in [0.4, 0.5) is 0 Å². The summed E-state index contributed by atoms with van der Waals surface area (Å²) < 4.78 is 0. The van der Waals surface area contributed by atoms with Crippen molar-refractivity contribution in [2.75, 3.05) is 7.05 Å². The molecule has 18 heavy (non-hydrogen) atoms. The second-order valence-electron chi connectivity index (χ2n) is 5.61. The maximum atomic E-state index is 3.54. The van der Waals surface area contributed by atoms with Crippen molar-refractivity contribution in [3.05, 3.63) is 35.4 Å². The first-order chi connectivity index (χ1) is 8.86. The number of hydrogen-bond acceptors (Lipinski definition) is 1. The number of hydrogen-bond donors (Lipinski definition) is 1. The lowest BCUT2D eigenvalue weighted by molar-refractivity contribution is 0.387. The summed E-state index contributed by atoms with van der Waals surface area (Å²) in [6, 6.07) is 9.61. The minimum atomic E-state index is 0.682. The number of unbranched alkanes of at least 4 members (excludes halogenated alkanes) is 4. The Hall–Kier alpha value is -0.820. The highest BCUT2D eigenvalue weighted by atomic mass is 14.9. The molecule has 0 spiro atoms. The molecular formula is C17H27N. The van der Waals surface area contributed by atoms with Gasteiger partial charge in [0.25, 0.3) is 0 Å². The molecule has 2 rings (SSSR count). The Morgan fingerprint density at radius 2 is 1.94 bits per heavy atom. The molecule has 0 radical (unpaired) electrons. The van der Waals surface area contributed by atoms with E-state index in [2.05, 4.69) is 43.6 Å². The molecule has 0 fully saturated rings. The summed E-state index contributed by atoms with van der Waals surface area (Å²) in [4.78, 5) is 0. The van der Waals surface area contributed by atoms with E-state index in [1.54, 1.807) is 11.1 Å². The van der Waals surface area contributed by atoms with E-state index in [0.717, 1.165) is 5.92 Å². The van der Waals surface area contributed by atoms with Gasteiger partial charge in [0.05, 0.1) is 0 Å². The van der Waals surface area contributed by atoms with Gasteiger partial charge < -0.3 is 5.32 Å². The average molecular weight is 245 g/mol. The highest BCUT2D eigenvalue weighted by Crippen LogP contribution is 2.38. The van der Waals surface area contributed by atoms with Crippen molar-refractivity contribution in [1.29, 1.82) is 0 Å². The summed E-state index contributed by atoms with van der Waals surface area (Å²) in [7, 11) is 2.12. The Morgan fingerprint density at radius 3 is 2.67 bits per heavy atom. The van der Waals surface area contributed by atoms with Gasteiger partial charge in [-0.2, -0.15) is 0 Å². The van der Waals surface area contributed by atoms with E-state index >= 15 is 0 Å². The zero-order valence-electron chi connectivity index (χ0n) is 11.9. The maximum Gasteiger partial charge on any atom is 0.0136 e. The van der Waals surface area contributed by atoms with Gasteiger partial charge in [-0.3, -0.25) is 0 Å². The van der Waals surface area contributed by atoms with Crippen molar-refractivity contribution in [2.45, 2.75) is 63.8 Å². The smallest absolute Gasteiger partial charge is 0.0136 e. The number of fused-ring (bicyclic) bond motifs is 1. The number of likely N-dealkylation sites (N-methyl/N-ethyl adjacent to an activating group) is 1. The molecule has 1 aliphatic rings. The van der Waals surface area contributed by atoms with Gasteiger partial charge in [-0.1, -0.05) is 63.3 Å². The van der Waals surface area contributed by atoms with Crippen molar-refractivity contribution >= 4 is 0 Å². The third-order valence-corrected chi connectivity index (χ3v) is 4.37. The summed E-state index contributed by atoms with van der Waals surface area (Å²) in [5.41, 5.74) is 3.15. The molecule has 1 N–H and O–H groups in total. The lowest BCUT2D eigenvalue weighted by atomic mass is 9.72. The zero-order chi connectivity index (χ0) is 12.8. The predicted octanol–water partition coefficient (Wildman–Crippen LogP) is 4.27. The van der Waals surface area contributed by atoms with Gasteiger partial charge >= 0.3 is 0 Å². The Balaban J connectivity index is 1.77. The van der Waals surface area contributed by atoms with Crippen LogP contribution in [0.5, 0.6) is 0 Å². The summed E-state index contributed by atoms with van der Waals surface area (Å²) in [5.74, 6) is 0.761. The first-order valence-corrected chi connectivity index (χ1v) is 7.62. The van der Waals surface area contributed by atoms with Gasteiger partial charge in [0.15, 0.2) is 0 Å². The molecule has 1 aliphatic carbocycles. The third-order valence-electron chi connectivity index (χ3n) is 4.37. The third kappa shape index (κ3) is 3.14. The van der Waals surface area contributed by atoms with Crippen molar-refractivity contribution < 1.29 is 0 Å². The summed E-state index contributed by atoms with van der Waals surface area (Å²) in [5, 5.41) is 3.54. The van der Waals surface area contributed by atoms with Crippen LogP contribution in [0.2, 0.25) is 0 Å². The summed E-state index contributed by atoms with van der Waals surface area (Å²) in [6.07, 6.45) is 9.54. The zero-order valence-corrected chi connectivity index (χ0v) is 11.9. The van der Waals surface area contributed by atoms with Crippen molar-refractivity contribution in [3.63, 3.8) is 0 Å². The molecule has 1 aromatic rings. The molecule has 100 valence electrons. The minimum absolute atomic E-state index is 0.682. The van der Waals surface area contributed by atoms with Crippen molar-refractivity contribution in [3.8, 4) is 0 Å². The van der Waals surface area contributed by atoms with Crippen LogP contribution in [0.1, 0.15) is 62.5 Å². The fourth-order valence-electron chi connectivity index (χ4n) is 3.17. The first kappa shape index (κ1) is 13.6. The SMILES string of the molecule is CCCCCCCC(NC)C1Cc2ccccc21. The van der Waals surface area contributed by atoms with Crippen molar-refractivity contribution in [2.24, 2.45) is 0 Å². The molecule has 0 saturated carbocycles. The van der Waals surface area contributed by atoms with E-state index in [9.17, 15) is 0 Å². The number of nitrogens with one attached hydrogen (secondary N) is 1. The van der Waals surface area contributed by atoms with Gasteiger partial charge in [-0.05, 0) is 31.0 Å². The second-order valence-corrected chi connectivity index (χ2v) is 5.61. The molecule has 1 aromatic carbocycles. The predicted molar refractivity (Wildman–Crippen MR) is 79.1 cm³/mol. The van der Waals surface area contributed by atoms with Crippen LogP contribution >= 0.6 is 0 Å². The normalized spacial score (nSPS) is 19.1. The van der Waals surface area contributed by atoms with Crippen LogP contribution in [0.25, 0.3) is 0 Å². The van der Waals surface area contributed by atoms with Gasteiger partial charge in [0.1, 0.15) is 0 Å². The van der Waals surface area contributed by atoms with Gasteiger partial charge in [0.2, 0.25) is 0 Å². The van der Waals surface area contributed by atoms with Crippen LogP contribution in [-0.4, -0.2) is 13.1 Å². The molecule has 0 aromatic heterocycles. The quantitative estimate of drug-likeness (QED) is 0.674. The largest absolute Gasteiger partial charge is 0.316 e. The molecule has 0 heterocycles. The lowest BCUT2D eigenvalue weighted by Crippen LogP contribution is -2.38. The Bertz CT molecular complexity index is 358. The van der Waals surface area contributed by atoms with Crippen LogP contribution in [0, 0.1) is 0 Å². The average Bonchev–Trinajstić information content (AvgIpc) is 2.37. The fraction of sp³-hybridized carbons (Fsp3) is 0.647. The summed E-state index contributed by atoms with van der Waals surface area (Å²) in [6.45, 7) is 2.28.